The van der Waals surface area contributed by atoms with E-state index in [0.29, 0.717) is 18.0 Å². The lowest BCUT2D eigenvalue weighted by molar-refractivity contribution is 0.244. The second-order valence-corrected chi connectivity index (χ2v) is 5.56. The van der Waals surface area contributed by atoms with E-state index in [1.165, 1.54) is 19.3 Å². The number of rotatable bonds is 7. The number of hydrogen-bond acceptors (Lipinski definition) is 2. The van der Waals surface area contributed by atoms with E-state index in [0.717, 1.165) is 12.3 Å². The van der Waals surface area contributed by atoms with Crippen LogP contribution in [-0.2, 0) is 0 Å². The summed E-state index contributed by atoms with van der Waals surface area (Å²) in [5, 5.41) is 12.7. The van der Waals surface area contributed by atoms with Crippen molar-refractivity contribution in [3.63, 3.8) is 0 Å². The van der Waals surface area contributed by atoms with Crippen LogP contribution in [0.25, 0.3) is 0 Å². The SMILES string of the molecule is CC(C)CCCC(C)N[C@@H]1C=C[C@H](CO)C1. The third-order valence-corrected chi connectivity index (χ3v) is 3.32. The minimum Gasteiger partial charge on any atom is -0.396 e. The number of hydrogen-bond donors (Lipinski definition) is 2. The first-order chi connectivity index (χ1) is 7.61. The highest BCUT2D eigenvalue weighted by atomic mass is 16.3. The molecule has 1 aliphatic carbocycles. The van der Waals surface area contributed by atoms with Crippen LogP contribution in [0.5, 0.6) is 0 Å². The van der Waals surface area contributed by atoms with Crippen LogP contribution in [0, 0.1) is 11.8 Å². The van der Waals surface area contributed by atoms with Gasteiger partial charge in [-0.2, -0.15) is 0 Å². The van der Waals surface area contributed by atoms with E-state index in [-0.39, 0.29) is 6.61 Å². The Kier molecular flexibility index (Phi) is 6.07. The molecule has 0 heterocycles. The van der Waals surface area contributed by atoms with Gasteiger partial charge in [0.25, 0.3) is 0 Å². The fourth-order valence-electron chi connectivity index (χ4n) is 2.31. The van der Waals surface area contributed by atoms with Crippen LogP contribution in [0.4, 0.5) is 0 Å². The molecule has 0 aliphatic heterocycles. The van der Waals surface area contributed by atoms with Crippen molar-refractivity contribution >= 4 is 0 Å². The fraction of sp³-hybridized carbons (Fsp3) is 0.857. The van der Waals surface area contributed by atoms with Gasteiger partial charge in [0.05, 0.1) is 0 Å². The van der Waals surface area contributed by atoms with Gasteiger partial charge in [0, 0.05) is 24.6 Å². The van der Waals surface area contributed by atoms with Gasteiger partial charge >= 0.3 is 0 Å². The molecular formula is C14H27NO. The quantitative estimate of drug-likeness (QED) is 0.653. The topological polar surface area (TPSA) is 32.3 Å². The van der Waals surface area contributed by atoms with Gasteiger partial charge in [-0.1, -0.05) is 38.8 Å². The van der Waals surface area contributed by atoms with Crippen molar-refractivity contribution in [3.05, 3.63) is 12.2 Å². The van der Waals surface area contributed by atoms with Gasteiger partial charge in [-0.3, -0.25) is 0 Å². The smallest absolute Gasteiger partial charge is 0.0494 e. The molecular weight excluding hydrogens is 198 g/mol. The number of nitrogens with one attached hydrogen (secondary N) is 1. The summed E-state index contributed by atoms with van der Waals surface area (Å²) in [6.07, 6.45) is 9.30. The largest absolute Gasteiger partial charge is 0.396 e. The van der Waals surface area contributed by atoms with E-state index in [4.69, 9.17) is 5.11 Å². The molecule has 0 saturated heterocycles. The predicted molar refractivity (Wildman–Crippen MR) is 69.4 cm³/mol. The third-order valence-electron chi connectivity index (χ3n) is 3.32. The number of aliphatic hydroxyl groups is 1. The Hall–Kier alpha value is -0.340. The molecule has 0 aromatic heterocycles. The highest BCUT2D eigenvalue weighted by Crippen LogP contribution is 2.18. The Morgan fingerprint density at radius 2 is 2.00 bits per heavy atom. The highest BCUT2D eigenvalue weighted by Gasteiger charge is 2.19. The lowest BCUT2D eigenvalue weighted by Gasteiger charge is -2.19. The standard InChI is InChI=1S/C14H27NO/c1-11(2)5-4-6-12(3)15-14-8-7-13(9-14)10-16/h7-8,11-16H,4-6,9-10H2,1-3H3/t12?,13-,14+/m0/s1. The van der Waals surface area contributed by atoms with E-state index < -0.39 is 0 Å². The van der Waals surface area contributed by atoms with Crippen LogP contribution in [0.15, 0.2) is 12.2 Å². The van der Waals surface area contributed by atoms with E-state index in [9.17, 15) is 0 Å². The van der Waals surface area contributed by atoms with Gasteiger partial charge in [-0.25, -0.2) is 0 Å². The summed E-state index contributed by atoms with van der Waals surface area (Å²) in [5.74, 6) is 1.19. The Balaban J connectivity index is 2.10. The average Bonchev–Trinajstić information content (AvgIpc) is 2.65. The fourth-order valence-corrected chi connectivity index (χ4v) is 2.31. The first-order valence-corrected chi connectivity index (χ1v) is 6.67. The first-order valence-electron chi connectivity index (χ1n) is 6.67. The van der Waals surface area contributed by atoms with Crippen molar-refractivity contribution in [2.45, 2.75) is 58.5 Å². The maximum absolute atomic E-state index is 9.04. The van der Waals surface area contributed by atoms with Crippen molar-refractivity contribution in [1.82, 2.24) is 5.32 Å². The van der Waals surface area contributed by atoms with E-state index >= 15 is 0 Å². The molecule has 3 atom stereocenters. The molecule has 2 N–H and O–H groups in total. The zero-order valence-corrected chi connectivity index (χ0v) is 10.9. The molecule has 16 heavy (non-hydrogen) atoms. The van der Waals surface area contributed by atoms with Gasteiger partial charge in [0.1, 0.15) is 0 Å². The van der Waals surface area contributed by atoms with Gasteiger partial charge in [-0.05, 0) is 25.7 Å². The van der Waals surface area contributed by atoms with E-state index in [1.54, 1.807) is 0 Å². The Bertz CT molecular complexity index is 213. The van der Waals surface area contributed by atoms with Gasteiger partial charge in [0.15, 0.2) is 0 Å². The van der Waals surface area contributed by atoms with Crippen molar-refractivity contribution in [3.8, 4) is 0 Å². The molecule has 0 spiro atoms. The molecule has 2 heteroatoms. The van der Waals surface area contributed by atoms with Crippen LogP contribution < -0.4 is 5.32 Å². The van der Waals surface area contributed by atoms with Crippen LogP contribution in [0.1, 0.15) is 46.5 Å². The second-order valence-electron chi connectivity index (χ2n) is 5.56. The second kappa shape index (κ2) is 7.08. The number of aliphatic hydroxyl groups excluding tert-OH is 1. The van der Waals surface area contributed by atoms with Crippen LogP contribution in [0.3, 0.4) is 0 Å². The summed E-state index contributed by atoms with van der Waals surface area (Å²) >= 11 is 0. The van der Waals surface area contributed by atoms with E-state index in [1.807, 2.05) is 0 Å². The van der Waals surface area contributed by atoms with Gasteiger partial charge in [-0.15, -0.1) is 0 Å². The lowest BCUT2D eigenvalue weighted by Crippen LogP contribution is -2.34. The summed E-state index contributed by atoms with van der Waals surface area (Å²) < 4.78 is 0. The van der Waals surface area contributed by atoms with Crippen molar-refractivity contribution in [1.29, 1.82) is 0 Å². The third kappa shape index (κ3) is 5.13. The molecule has 0 aromatic rings. The molecule has 0 bridgehead atoms. The molecule has 0 saturated carbocycles. The molecule has 0 fully saturated rings. The first kappa shape index (κ1) is 13.7. The maximum atomic E-state index is 9.04. The van der Waals surface area contributed by atoms with E-state index in [2.05, 4.69) is 38.2 Å². The van der Waals surface area contributed by atoms with Gasteiger partial charge in [0.2, 0.25) is 0 Å². The minimum atomic E-state index is 0.288. The average molecular weight is 225 g/mol. The summed E-state index contributed by atoms with van der Waals surface area (Å²) in [6, 6.07) is 1.07. The van der Waals surface area contributed by atoms with Crippen molar-refractivity contribution in [2.24, 2.45) is 11.8 Å². The van der Waals surface area contributed by atoms with Crippen LogP contribution >= 0.6 is 0 Å². The zero-order valence-electron chi connectivity index (χ0n) is 10.9. The van der Waals surface area contributed by atoms with Crippen LogP contribution in [0.2, 0.25) is 0 Å². The van der Waals surface area contributed by atoms with Crippen molar-refractivity contribution in [2.75, 3.05) is 6.61 Å². The maximum Gasteiger partial charge on any atom is 0.0494 e. The molecule has 0 radical (unpaired) electrons. The normalized spacial score (nSPS) is 26.6. The summed E-state index contributed by atoms with van der Waals surface area (Å²) in [4.78, 5) is 0. The lowest BCUT2D eigenvalue weighted by atomic mass is 10.0. The highest BCUT2D eigenvalue weighted by molar-refractivity contribution is 5.06. The summed E-state index contributed by atoms with van der Waals surface area (Å²) in [5.41, 5.74) is 0. The van der Waals surface area contributed by atoms with Gasteiger partial charge < -0.3 is 10.4 Å². The Morgan fingerprint density at radius 3 is 2.56 bits per heavy atom. The van der Waals surface area contributed by atoms with Crippen molar-refractivity contribution < 1.29 is 5.11 Å². The zero-order chi connectivity index (χ0) is 12.0. The molecule has 1 aliphatic rings. The minimum absolute atomic E-state index is 0.288. The summed E-state index contributed by atoms with van der Waals surface area (Å²) in [6.45, 7) is 7.12. The van der Waals surface area contributed by atoms with Crippen LogP contribution in [-0.4, -0.2) is 23.8 Å². The molecule has 2 nitrogen and oxygen atoms in total. The summed E-state index contributed by atoms with van der Waals surface area (Å²) in [7, 11) is 0. The molecule has 0 amide bonds. The molecule has 1 rings (SSSR count). The predicted octanol–water partition coefficient (Wildman–Crippen LogP) is 2.73. The molecule has 94 valence electrons. The Labute approximate surface area is 100 Å². The molecule has 1 unspecified atom stereocenters. The Morgan fingerprint density at radius 1 is 1.25 bits per heavy atom. The molecule has 0 aromatic carbocycles. The monoisotopic (exact) mass is 225 g/mol.